The third-order valence-corrected chi connectivity index (χ3v) is 6.23. The highest BCUT2D eigenvalue weighted by molar-refractivity contribution is 6.00. The van der Waals surface area contributed by atoms with E-state index in [1.165, 1.54) is 12.0 Å². The van der Waals surface area contributed by atoms with Crippen LogP contribution in [-0.2, 0) is 9.59 Å². The molecule has 30 heavy (non-hydrogen) atoms. The van der Waals surface area contributed by atoms with Gasteiger partial charge in [0.1, 0.15) is 0 Å². The Balaban J connectivity index is 1.29. The van der Waals surface area contributed by atoms with Gasteiger partial charge in [0.2, 0.25) is 11.8 Å². The van der Waals surface area contributed by atoms with Gasteiger partial charge in [-0.25, -0.2) is 5.43 Å². The van der Waals surface area contributed by atoms with Crippen LogP contribution >= 0.6 is 0 Å². The van der Waals surface area contributed by atoms with Crippen molar-refractivity contribution in [2.24, 2.45) is 16.9 Å². The van der Waals surface area contributed by atoms with Gasteiger partial charge in [-0.15, -0.1) is 0 Å². The molecule has 0 aromatic heterocycles. The van der Waals surface area contributed by atoms with E-state index in [1.807, 2.05) is 49.4 Å². The summed E-state index contributed by atoms with van der Waals surface area (Å²) in [5, 5.41) is 7.30. The van der Waals surface area contributed by atoms with Gasteiger partial charge < -0.3 is 5.32 Å². The molecule has 2 N–H and O–H groups in total. The lowest BCUT2D eigenvalue weighted by molar-refractivity contribution is -0.122. The summed E-state index contributed by atoms with van der Waals surface area (Å²) in [5.74, 6) is 0.534. The van der Waals surface area contributed by atoms with Crippen LogP contribution in [0, 0.1) is 11.8 Å². The summed E-state index contributed by atoms with van der Waals surface area (Å²) >= 11 is 0. The number of rotatable bonds is 6. The van der Waals surface area contributed by atoms with E-state index in [0.29, 0.717) is 5.92 Å². The average Bonchev–Trinajstić information content (AvgIpc) is 3.60. The van der Waals surface area contributed by atoms with Crippen LogP contribution < -0.4 is 10.7 Å². The van der Waals surface area contributed by atoms with Crippen LogP contribution in [-0.4, -0.2) is 17.5 Å². The van der Waals surface area contributed by atoms with Gasteiger partial charge in [-0.3, -0.25) is 9.59 Å². The van der Waals surface area contributed by atoms with Crippen LogP contribution in [0.5, 0.6) is 0 Å². The summed E-state index contributed by atoms with van der Waals surface area (Å²) in [6.07, 6.45) is 6.38. The van der Waals surface area contributed by atoms with Crippen molar-refractivity contribution in [1.82, 2.24) is 5.43 Å². The van der Waals surface area contributed by atoms with Gasteiger partial charge in [0, 0.05) is 17.5 Å². The molecule has 0 aliphatic heterocycles. The monoisotopic (exact) mass is 403 g/mol. The van der Waals surface area contributed by atoms with E-state index in [1.54, 1.807) is 0 Å². The number of hydrogen-bond donors (Lipinski definition) is 2. The largest absolute Gasteiger partial charge is 0.326 e. The van der Waals surface area contributed by atoms with Gasteiger partial charge in [0.15, 0.2) is 0 Å². The van der Waals surface area contributed by atoms with Crippen molar-refractivity contribution in [2.75, 3.05) is 5.32 Å². The minimum absolute atomic E-state index is 0.00123. The van der Waals surface area contributed by atoms with Crippen molar-refractivity contribution in [2.45, 2.75) is 51.4 Å². The van der Waals surface area contributed by atoms with Crippen LogP contribution in [0.3, 0.4) is 0 Å². The van der Waals surface area contributed by atoms with E-state index >= 15 is 0 Å². The normalized spacial score (nSPS) is 21.7. The highest BCUT2D eigenvalue weighted by Gasteiger charge is 2.43. The predicted molar refractivity (Wildman–Crippen MR) is 119 cm³/mol. The summed E-state index contributed by atoms with van der Waals surface area (Å²) < 4.78 is 0. The van der Waals surface area contributed by atoms with E-state index in [2.05, 4.69) is 28.0 Å². The molecule has 2 aromatic rings. The van der Waals surface area contributed by atoms with Crippen molar-refractivity contribution < 1.29 is 9.59 Å². The molecule has 2 amide bonds. The minimum atomic E-state index is -0.0282. The molecule has 0 heterocycles. The zero-order valence-electron chi connectivity index (χ0n) is 17.4. The third kappa shape index (κ3) is 4.96. The second kappa shape index (κ2) is 9.24. The molecule has 2 fully saturated rings. The maximum Gasteiger partial charge on any atom is 0.243 e. The van der Waals surface area contributed by atoms with Crippen LogP contribution in [0.25, 0.3) is 0 Å². The van der Waals surface area contributed by atoms with Crippen molar-refractivity contribution >= 4 is 23.2 Å². The summed E-state index contributed by atoms with van der Waals surface area (Å²) in [6, 6.07) is 17.8. The number of hydrogen-bond acceptors (Lipinski definition) is 3. The molecule has 156 valence electrons. The minimum Gasteiger partial charge on any atom is -0.326 e. The van der Waals surface area contributed by atoms with Crippen molar-refractivity contribution in [3.63, 3.8) is 0 Å². The Bertz CT molecular complexity index is 915. The van der Waals surface area contributed by atoms with Crippen molar-refractivity contribution in [3.8, 4) is 0 Å². The molecule has 2 atom stereocenters. The molecule has 0 radical (unpaired) electrons. The number of amides is 2. The zero-order chi connectivity index (χ0) is 20.9. The summed E-state index contributed by atoms with van der Waals surface area (Å²) in [5.41, 5.74) is 6.38. The standard InChI is InChI=1S/C25H29N3O2/c1-17(27-28-25(30)23-16-22(23)19-8-4-2-5-9-19)18-12-14-21(15-13-18)26-24(29)20-10-6-3-7-11-20/h2,4-5,8-9,12-15,20,22-23H,3,6-7,10-11,16H2,1H3,(H,26,29)(H,28,30)/b27-17-. The highest BCUT2D eigenvalue weighted by atomic mass is 16.2. The maximum atomic E-state index is 12.4. The van der Waals surface area contributed by atoms with Gasteiger partial charge in [0.05, 0.1) is 5.71 Å². The second-order valence-corrected chi connectivity index (χ2v) is 8.43. The topological polar surface area (TPSA) is 70.6 Å². The van der Waals surface area contributed by atoms with Gasteiger partial charge >= 0.3 is 0 Å². The summed E-state index contributed by atoms with van der Waals surface area (Å²) in [6.45, 7) is 1.87. The van der Waals surface area contributed by atoms with Crippen LogP contribution in [0.1, 0.15) is 62.5 Å². The van der Waals surface area contributed by atoms with E-state index in [-0.39, 0.29) is 23.7 Å². The Morgan fingerprint density at radius 2 is 1.60 bits per heavy atom. The Hall–Kier alpha value is -2.95. The molecule has 2 aliphatic rings. The SMILES string of the molecule is C/C(=N/NC(=O)C1CC1c1ccccc1)c1ccc(NC(=O)C2CCCCC2)cc1. The first-order chi connectivity index (χ1) is 14.6. The number of hydrazone groups is 1. The molecule has 2 aliphatic carbocycles. The first kappa shape index (κ1) is 20.3. The van der Waals surface area contributed by atoms with Gasteiger partial charge in [0.25, 0.3) is 0 Å². The van der Waals surface area contributed by atoms with Crippen LogP contribution in [0.2, 0.25) is 0 Å². The molecule has 0 bridgehead atoms. The van der Waals surface area contributed by atoms with E-state index in [9.17, 15) is 9.59 Å². The zero-order valence-corrected chi connectivity index (χ0v) is 17.4. The number of nitrogens with zero attached hydrogens (tertiary/aromatic N) is 1. The predicted octanol–water partition coefficient (Wildman–Crippen LogP) is 4.85. The smallest absolute Gasteiger partial charge is 0.243 e. The molecule has 5 heteroatoms. The molecule has 4 rings (SSSR count). The van der Waals surface area contributed by atoms with E-state index in [4.69, 9.17) is 0 Å². The molecule has 0 spiro atoms. The first-order valence-corrected chi connectivity index (χ1v) is 10.9. The highest BCUT2D eigenvalue weighted by Crippen LogP contribution is 2.47. The Labute approximate surface area is 178 Å². The quantitative estimate of drug-likeness (QED) is 0.535. The van der Waals surface area contributed by atoms with E-state index < -0.39 is 0 Å². The molecule has 0 saturated heterocycles. The number of carbonyl (C=O) groups excluding carboxylic acids is 2. The molecule has 2 aromatic carbocycles. The Morgan fingerprint density at radius 3 is 2.30 bits per heavy atom. The van der Waals surface area contributed by atoms with Gasteiger partial charge in [-0.2, -0.15) is 5.10 Å². The Morgan fingerprint density at radius 1 is 0.900 bits per heavy atom. The fraction of sp³-hybridized carbons (Fsp3) is 0.400. The fourth-order valence-corrected chi connectivity index (χ4v) is 4.24. The van der Waals surface area contributed by atoms with Gasteiger partial charge in [-0.05, 0) is 55.4 Å². The molecule has 5 nitrogen and oxygen atoms in total. The lowest BCUT2D eigenvalue weighted by atomic mass is 9.88. The number of anilines is 1. The van der Waals surface area contributed by atoms with Gasteiger partial charge in [-0.1, -0.05) is 61.7 Å². The number of nitrogens with one attached hydrogen (secondary N) is 2. The molecular formula is C25H29N3O2. The molecule has 2 unspecified atom stereocenters. The fourth-order valence-electron chi connectivity index (χ4n) is 4.24. The first-order valence-electron chi connectivity index (χ1n) is 10.9. The van der Waals surface area contributed by atoms with E-state index in [0.717, 1.165) is 49.1 Å². The number of carbonyl (C=O) groups is 2. The lowest BCUT2D eigenvalue weighted by Crippen LogP contribution is -2.24. The maximum absolute atomic E-state index is 12.4. The summed E-state index contributed by atoms with van der Waals surface area (Å²) in [4.78, 5) is 24.8. The lowest BCUT2D eigenvalue weighted by Gasteiger charge is -2.20. The summed E-state index contributed by atoms with van der Waals surface area (Å²) in [7, 11) is 0. The second-order valence-electron chi connectivity index (χ2n) is 8.43. The van der Waals surface area contributed by atoms with Crippen molar-refractivity contribution in [1.29, 1.82) is 0 Å². The molecule has 2 saturated carbocycles. The molecular weight excluding hydrogens is 374 g/mol. The van der Waals surface area contributed by atoms with Crippen LogP contribution in [0.4, 0.5) is 5.69 Å². The third-order valence-electron chi connectivity index (χ3n) is 6.23. The van der Waals surface area contributed by atoms with Crippen molar-refractivity contribution in [3.05, 3.63) is 65.7 Å². The Kier molecular flexibility index (Phi) is 6.26. The average molecular weight is 404 g/mol. The number of benzene rings is 2. The van der Waals surface area contributed by atoms with Crippen LogP contribution in [0.15, 0.2) is 59.7 Å².